The van der Waals surface area contributed by atoms with Gasteiger partial charge in [-0.15, -0.1) is 0 Å². The monoisotopic (exact) mass is 293 g/mol. The number of carbonyl (C=O) groups excluding carboxylic acids is 2. The van der Waals surface area contributed by atoms with Crippen molar-refractivity contribution in [1.82, 2.24) is 5.32 Å². The number of urea groups is 1. The van der Waals surface area contributed by atoms with E-state index in [1.807, 2.05) is 6.92 Å². The molecule has 0 fully saturated rings. The number of carbonyl (C=O) groups is 2. The second kappa shape index (κ2) is 8.14. The van der Waals surface area contributed by atoms with E-state index in [9.17, 15) is 9.59 Å². The SMILES string of the molecule is CCC[C@@H](C)NC(=O)Nc1ccc(NC(C)=O)c(OC)c1. The van der Waals surface area contributed by atoms with Gasteiger partial charge in [-0.2, -0.15) is 0 Å². The van der Waals surface area contributed by atoms with Crippen LogP contribution in [0.3, 0.4) is 0 Å². The van der Waals surface area contributed by atoms with Gasteiger partial charge in [0.15, 0.2) is 0 Å². The molecule has 1 rings (SSSR count). The molecule has 0 aliphatic carbocycles. The van der Waals surface area contributed by atoms with Gasteiger partial charge in [-0.1, -0.05) is 13.3 Å². The molecular weight excluding hydrogens is 270 g/mol. The van der Waals surface area contributed by atoms with E-state index < -0.39 is 0 Å². The van der Waals surface area contributed by atoms with E-state index >= 15 is 0 Å². The minimum absolute atomic E-state index is 0.121. The van der Waals surface area contributed by atoms with E-state index in [4.69, 9.17) is 4.74 Å². The average Bonchev–Trinajstić information content (AvgIpc) is 2.39. The summed E-state index contributed by atoms with van der Waals surface area (Å²) in [6.07, 6.45) is 1.94. The summed E-state index contributed by atoms with van der Waals surface area (Å²) in [4.78, 5) is 22.9. The fraction of sp³-hybridized carbons (Fsp3) is 0.467. The Bertz CT molecular complexity index is 503. The van der Waals surface area contributed by atoms with Gasteiger partial charge in [0.25, 0.3) is 0 Å². The molecule has 0 saturated heterocycles. The van der Waals surface area contributed by atoms with Crippen molar-refractivity contribution < 1.29 is 14.3 Å². The minimum Gasteiger partial charge on any atom is -0.494 e. The van der Waals surface area contributed by atoms with Crippen molar-refractivity contribution in [1.29, 1.82) is 0 Å². The Morgan fingerprint density at radius 3 is 2.57 bits per heavy atom. The molecule has 1 atom stereocenters. The number of benzene rings is 1. The van der Waals surface area contributed by atoms with E-state index in [2.05, 4.69) is 22.9 Å². The zero-order chi connectivity index (χ0) is 15.8. The highest BCUT2D eigenvalue weighted by Gasteiger charge is 2.09. The zero-order valence-corrected chi connectivity index (χ0v) is 12.9. The molecule has 6 nitrogen and oxygen atoms in total. The van der Waals surface area contributed by atoms with Crippen molar-refractivity contribution in [2.45, 2.75) is 39.7 Å². The Hall–Kier alpha value is -2.24. The van der Waals surface area contributed by atoms with Crippen molar-refractivity contribution in [3.63, 3.8) is 0 Å². The first-order chi connectivity index (χ1) is 9.96. The third-order valence-corrected chi connectivity index (χ3v) is 2.87. The second-order valence-electron chi connectivity index (χ2n) is 4.88. The molecule has 116 valence electrons. The molecule has 3 N–H and O–H groups in total. The number of hydrogen-bond acceptors (Lipinski definition) is 3. The lowest BCUT2D eigenvalue weighted by atomic mass is 10.2. The summed E-state index contributed by atoms with van der Waals surface area (Å²) >= 11 is 0. The maximum atomic E-state index is 11.8. The lowest BCUT2D eigenvalue weighted by Gasteiger charge is -2.15. The van der Waals surface area contributed by atoms with Crippen LogP contribution in [-0.2, 0) is 4.79 Å². The Morgan fingerprint density at radius 2 is 2.00 bits per heavy atom. The summed E-state index contributed by atoms with van der Waals surface area (Å²) in [6.45, 7) is 5.46. The molecule has 0 saturated carbocycles. The van der Waals surface area contributed by atoms with Gasteiger partial charge in [-0.3, -0.25) is 4.79 Å². The maximum Gasteiger partial charge on any atom is 0.319 e. The lowest BCUT2D eigenvalue weighted by Crippen LogP contribution is -2.35. The van der Waals surface area contributed by atoms with E-state index in [1.54, 1.807) is 18.2 Å². The van der Waals surface area contributed by atoms with E-state index in [-0.39, 0.29) is 18.0 Å². The van der Waals surface area contributed by atoms with Crippen LogP contribution in [0.4, 0.5) is 16.2 Å². The predicted octanol–water partition coefficient (Wildman–Crippen LogP) is 2.96. The van der Waals surface area contributed by atoms with Crippen molar-refractivity contribution >= 4 is 23.3 Å². The highest BCUT2D eigenvalue weighted by molar-refractivity contribution is 5.93. The summed E-state index contributed by atoms with van der Waals surface area (Å²) < 4.78 is 5.20. The molecule has 21 heavy (non-hydrogen) atoms. The van der Waals surface area contributed by atoms with Crippen LogP contribution in [0.1, 0.15) is 33.6 Å². The topological polar surface area (TPSA) is 79.5 Å². The molecule has 3 amide bonds. The normalized spacial score (nSPS) is 11.4. The van der Waals surface area contributed by atoms with Crippen LogP contribution in [0.25, 0.3) is 0 Å². The van der Waals surface area contributed by atoms with Gasteiger partial charge in [0.2, 0.25) is 5.91 Å². The largest absolute Gasteiger partial charge is 0.494 e. The van der Waals surface area contributed by atoms with Gasteiger partial charge in [0.05, 0.1) is 12.8 Å². The third-order valence-electron chi connectivity index (χ3n) is 2.87. The highest BCUT2D eigenvalue weighted by atomic mass is 16.5. The Kier molecular flexibility index (Phi) is 6.52. The molecule has 0 aliphatic heterocycles. The average molecular weight is 293 g/mol. The maximum absolute atomic E-state index is 11.8. The van der Waals surface area contributed by atoms with Gasteiger partial charge in [-0.25, -0.2) is 4.79 Å². The number of amides is 3. The summed E-state index contributed by atoms with van der Waals surface area (Å²) in [7, 11) is 1.51. The van der Waals surface area contributed by atoms with E-state index in [0.717, 1.165) is 12.8 Å². The van der Waals surface area contributed by atoms with Gasteiger partial charge in [-0.05, 0) is 25.5 Å². The number of hydrogen-bond donors (Lipinski definition) is 3. The van der Waals surface area contributed by atoms with Crippen LogP contribution in [-0.4, -0.2) is 25.1 Å². The fourth-order valence-electron chi connectivity index (χ4n) is 1.96. The summed E-state index contributed by atoms with van der Waals surface area (Å²) in [5.41, 5.74) is 1.16. The number of anilines is 2. The molecule has 0 aliphatic rings. The van der Waals surface area contributed by atoms with Crippen LogP contribution >= 0.6 is 0 Å². The molecule has 0 bridgehead atoms. The van der Waals surface area contributed by atoms with Crippen molar-refractivity contribution in [3.05, 3.63) is 18.2 Å². The molecule has 0 spiro atoms. The third kappa shape index (κ3) is 5.72. The molecule has 0 radical (unpaired) electrons. The first kappa shape index (κ1) is 16.8. The second-order valence-corrected chi connectivity index (χ2v) is 4.88. The molecule has 1 aromatic carbocycles. The lowest BCUT2D eigenvalue weighted by molar-refractivity contribution is -0.114. The minimum atomic E-state index is -0.259. The smallest absolute Gasteiger partial charge is 0.319 e. The first-order valence-electron chi connectivity index (χ1n) is 6.99. The van der Waals surface area contributed by atoms with Gasteiger partial charge >= 0.3 is 6.03 Å². The zero-order valence-electron chi connectivity index (χ0n) is 12.9. The standard InChI is InChI=1S/C15H23N3O3/c1-5-6-10(2)16-15(20)18-12-7-8-13(17-11(3)19)14(9-12)21-4/h7-10H,5-6H2,1-4H3,(H,17,19)(H2,16,18,20)/t10-/m1/s1. The predicted molar refractivity (Wildman–Crippen MR) is 83.8 cm³/mol. The quantitative estimate of drug-likeness (QED) is 0.754. The molecule has 0 heterocycles. The molecule has 1 aromatic rings. The number of rotatable bonds is 6. The fourth-order valence-corrected chi connectivity index (χ4v) is 1.96. The summed E-state index contributed by atoms with van der Waals surface area (Å²) in [5.74, 6) is 0.310. The van der Waals surface area contributed by atoms with Crippen LogP contribution < -0.4 is 20.7 Å². The Labute approximate surface area is 125 Å². The van der Waals surface area contributed by atoms with Gasteiger partial charge in [0, 0.05) is 24.7 Å². The van der Waals surface area contributed by atoms with Crippen LogP contribution in [0.15, 0.2) is 18.2 Å². The molecule has 0 unspecified atom stereocenters. The molecular formula is C15H23N3O3. The van der Waals surface area contributed by atoms with Gasteiger partial charge < -0.3 is 20.7 Å². The number of ether oxygens (including phenoxy) is 1. The molecule has 0 aromatic heterocycles. The van der Waals surface area contributed by atoms with Gasteiger partial charge in [0.1, 0.15) is 5.75 Å². The van der Waals surface area contributed by atoms with E-state index in [1.165, 1.54) is 14.0 Å². The van der Waals surface area contributed by atoms with Crippen LogP contribution in [0.2, 0.25) is 0 Å². The Morgan fingerprint density at radius 1 is 1.29 bits per heavy atom. The molecule has 6 heteroatoms. The van der Waals surface area contributed by atoms with Crippen LogP contribution in [0.5, 0.6) is 5.75 Å². The van der Waals surface area contributed by atoms with Crippen molar-refractivity contribution in [2.75, 3.05) is 17.7 Å². The van der Waals surface area contributed by atoms with Crippen molar-refractivity contribution in [3.8, 4) is 5.75 Å². The number of nitrogens with one attached hydrogen (secondary N) is 3. The van der Waals surface area contributed by atoms with E-state index in [0.29, 0.717) is 17.1 Å². The Balaban J connectivity index is 2.71. The highest BCUT2D eigenvalue weighted by Crippen LogP contribution is 2.27. The first-order valence-corrected chi connectivity index (χ1v) is 6.99. The van der Waals surface area contributed by atoms with Crippen LogP contribution in [0, 0.1) is 0 Å². The summed E-state index contributed by atoms with van der Waals surface area (Å²) in [5, 5.41) is 8.26. The summed E-state index contributed by atoms with van der Waals surface area (Å²) in [6, 6.07) is 4.92. The number of methoxy groups -OCH3 is 1. The van der Waals surface area contributed by atoms with Crippen molar-refractivity contribution in [2.24, 2.45) is 0 Å².